The second-order valence-electron chi connectivity index (χ2n) is 11.2. The number of thioether (sulfide) groups is 1. The highest BCUT2D eigenvalue weighted by Gasteiger charge is 2.49. The van der Waals surface area contributed by atoms with Gasteiger partial charge in [0, 0.05) is 23.5 Å². The number of carbonyl (C=O) groups excluding carboxylic acids is 3. The minimum Gasteiger partial charge on any atom is -0.381 e. The maximum atomic E-state index is 13.9. The van der Waals surface area contributed by atoms with Crippen LogP contribution in [-0.2, 0) is 33.9 Å². The summed E-state index contributed by atoms with van der Waals surface area (Å²) in [6.07, 6.45) is -1.36. The fraction of sp³-hybridized carbons (Fsp3) is 0.382. The van der Waals surface area contributed by atoms with E-state index < -0.39 is 34.7 Å². The monoisotopic (exact) mass is 603 g/mol. The molecule has 1 aliphatic heterocycles. The molecule has 0 aromatic heterocycles. The first-order valence-electron chi connectivity index (χ1n) is 14.6. The van der Waals surface area contributed by atoms with Gasteiger partial charge in [0.25, 0.3) is 11.8 Å². The summed E-state index contributed by atoms with van der Waals surface area (Å²) >= 11 is 1.48. The van der Waals surface area contributed by atoms with Crippen LogP contribution in [0.1, 0.15) is 53.4 Å². The Morgan fingerprint density at radius 3 is 2.35 bits per heavy atom. The van der Waals surface area contributed by atoms with Gasteiger partial charge in [-0.15, -0.1) is 11.8 Å². The van der Waals surface area contributed by atoms with Crippen LogP contribution in [0, 0.1) is 6.92 Å². The van der Waals surface area contributed by atoms with Gasteiger partial charge < -0.3 is 25.4 Å². The SMILES string of the molecule is CCOCc1ccccc1C(=O)N[C@@H](Cc1ccccc1)[C@H](O)C(=O)N1CSC(C)(C)[C@H]1C(=O)NCc1ccccc1C. The number of nitrogens with one attached hydrogen (secondary N) is 2. The number of ether oxygens (including phenoxy) is 1. The third kappa shape index (κ3) is 8.04. The number of nitrogens with zero attached hydrogens (tertiary/aromatic N) is 1. The second kappa shape index (κ2) is 14.7. The summed E-state index contributed by atoms with van der Waals surface area (Å²) in [7, 11) is 0. The number of aliphatic hydroxyl groups is 1. The molecule has 9 heteroatoms. The van der Waals surface area contributed by atoms with Crippen LogP contribution in [-0.4, -0.2) is 63.1 Å². The van der Waals surface area contributed by atoms with Crippen LogP contribution in [0.25, 0.3) is 0 Å². The average molecular weight is 604 g/mol. The number of hydrogen-bond donors (Lipinski definition) is 3. The smallest absolute Gasteiger partial charge is 0.254 e. The first-order chi connectivity index (χ1) is 20.6. The molecule has 0 aliphatic carbocycles. The van der Waals surface area contributed by atoms with E-state index in [1.807, 2.05) is 94.4 Å². The number of benzene rings is 3. The lowest BCUT2D eigenvalue weighted by Crippen LogP contribution is -2.58. The molecule has 4 rings (SSSR count). The first-order valence-corrected chi connectivity index (χ1v) is 15.6. The maximum Gasteiger partial charge on any atom is 0.254 e. The molecule has 8 nitrogen and oxygen atoms in total. The molecular formula is C34H41N3O5S. The van der Waals surface area contributed by atoms with E-state index in [1.54, 1.807) is 12.1 Å². The number of hydrogen-bond acceptors (Lipinski definition) is 6. The van der Waals surface area contributed by atoms with Crippen LogP contribution in [0.15, 0.2) is 78.9 Å². The van der Waals surface area contributed by atoms with E-state index in [0.29, 0.717) is 24.3 Å². The van der Waals surface area contributed by atoms with Crippen molar-refractivity contribution in [2.75, 3.05) is 12.5 Å². The van der Waals surface area contributed by atoms with Crippen LogP contribution in [0.5, 0.6) is 0 Å². The van der Waals surface area contributed by atoms with Crippen molar-refractivity contribution in [2.45, 2.75) is 70.2 Å². The van der Waals surface area contributed by atoms with Crippen LogP contribution >= 0.6 is 11.8 Å². The van der Waals surface area contributed by atoms with Crippen LogP contribution in [0.2, 0.25) is 0 Å². The molecule has 0 bridgehead atoms. The average Bonchev–Trinajstić information content (AvgIpc) is 3.33. The van der Waals surface area contributed by atoms with Gasteiger partial charge in [0.1, 0.15) is 6.04 Å². The fourth-order valence-electron chi connectivity index (χ4n) is 5.28. The van der Waals surface area contributed by atoms with Crippen molar-refractivity contribution in [2.24, 2.45) is 0 Å². The van der Waals surface area contributed by atoms with Crippen LogP contribution < -0.4 is 10.6 Å². The Hall–Kier alpha value is -3.66. The molecule has 228 valence electrons. The quantitative estimate of drug-likeness (QED) is 0.286. The number of amides is 3. The lowest BCUT2D eigenvalue weighted by molar-refractivity contribution is -0.147. The van der Waals surface area contributed by atoms with Gasteiger partial charge in [-0.3, -0.25) is 14.4 Å². The zero-order valence-corrected chi connectivity index (χ0v) is 26.0. The van der Waals surface area contributed by atoms with E-state index in [1.165, 1.54) is 16.7 Å². The molecule has 0 spiro atoms. The highest BCUT2D eigenvalue weighted by molar-refractivity contribution is 8.00. The van der Waals surface area contributed by atoms with Gasteiger partial charge >= 0.3 is 0 Å². The molecular weight excluding hydrogens is 562 g/mol. The van der Waals surface area contributed by atoms with E-state index in [4.69, 9.17) is 4.74 Å². The molecule has 0 unspecified atom stereocenters. The van der Waals surface area contributed by atoms with Crippen LogP contribution in [0.4, 0.5) is 0 Å². The molecule has 1 fully saturated rings. The first kappa shape index (κ1) is 32.3. The highest BCUT2D eigenvalue weighted by Crippen LogP contribution is 2.40. The lowest BCUT2D eigenvalue weighted by atomic mass is 9.96. The van der Waals surface area contributed by atoms with Crippen molar-refractivity contribution in [3.8, 4) is 0 Å². The molecule has 0 radical (unpaired) electrons. The Kier molecular flexibility index (Phi) is 11.0. The zero-order valence-electron chi connectivity index (χ0n) is 25.2. The van der Waals surface area contributed by atoms with Crippen molar-refractivity contribution >= 4 is 29.5 Å². The molecule has 3 amide bonds. The summed E-state index contributed by atoms with van der Waals surface area (Å²) in [4.78, 5) is 42.5. The Labute approximate surface area is 258 Å². The molecule has 3 N–H and O–H groups in total. The molecule has 3 aromatic rings. The molecule has 1 saturated heterocycles. The molecule has 0 saturated carbocycles. The van der Waals surface area contributed by atoms with E-state index >= 15 is 0 Å². The summed E-state index contributed by atoms with van der Waals surface area (Å²) in [5, 5.41) is 17.5. The van der Waals surface area contributed by atoms with E-state index in [2.05, 4.69) is 10.6 Å². The minimum atomic E-state index is -1.58. The van der Waals surface area contributed by atoms with Crippen LogP contribution in [0.3, 0.4) is 0 Å². The molecule has 3 aromatic carbocycles. The standard InChI is InChI=1S/C34H41N3O5S/c1-5-42-21-26-17-11-12-18-27(26)31(39)36-28(19-24-14-7-6-8-15-24)29(38)33(41)37-22-43-34(3,4)30(37)32(40)35-20-25-16-10-9-13-23(25)2/h6-18,28-30,38H,5,19-22H2,1-4H3,(H,35,40)(H,36,39)/t28-,29-,30+/m0/s1. The molecule has 1 aliphatic rings. The lowest BCUT2D eigenvalue weighted by Gasteiger charge is -2.33. The summed E-state index contributed by atoms with van der Waals surface area (Å²) in [6, 6.07) is 22.6. The van der Waals surface area contributed by atoms with E-state index in [0.717, 1.165) is 16.7 Å². The predicted molar refractivity (Wildman–Crippen MR) is 169 cm³/mol. The number of aryl methyl sites for hydroxylation is 1. The number of aliphatic hydroxyl groups excluding tert-OH is 1. The fourth-order valence-corrected chi connectivity index (χ4v) is 6.42. The van der Waals surface area contributed by atoms with Crippen molar-refractivity contribution in [3.05, 3.63) is 107 Å². The second-order valence-corrected chi connectivity index (χ2v) is 12.8. The predicted octanol–water partition coefficient (Wildman–Crippen LogP) is 4.23. The molecule has 1 heterocycles. The van der Waals surface area contributed by atoms with Gasteiger partial charge in [-0.2, -0.15) is 0 Å². The van der Waals surface area contributed by atoms with Crippen molar-refractivity contribution < 1.29 is 24.2 Å². The number of carbonyl (C=O) groups is 3. The van der Waals surface area contributed by atoms with Crippen molar-refractivity contribution in [3.63, 3.8) is 0 Å². The third-order valence-electron chi connectivity index (χ3n) is 7.76. The summed E-state index contributed by atoms with van der Waals surface area (Å²) in [6.45, 7) is 8.82. The topological polar surface area (TPSA) is 108 Å². The normalized spacial score (nSPS) is 17.2. The van der Waals surface area contributed by atoms with Gasteiger partial charge in [0.05, 0.1) is 18.5 Å². The van der Waals surface area contributed by atoms with Gasteiger partial charge in [0.15, 0.2) is 6.10 Å². The minimum absolute atomic E-state index is 0.224. The van der Waals surface area contributed by atoms with Gasteiger partial charge in [-0.05, 0) is 62.4 Å². The van der Waals surface area contributed by atoms with Gasteiger partial charge in [-0.1, -0.05) is 72.8 Å². The zero-order chi connectivity index (χ0) is 31.0. The largest absolute Gasteiger partial charge is 0.381 e. The van der Waals surface area contributed by atoms with E-state index in [9.17, 15) is 19.5 Å². The molecule has 3 atom stereocenters. The van der Waals surface area contributed by atoms with Crippen molar-refractivity contribution in [1.29, 1.82) is 0 Å². The Bertz CT molecular complexity index is 1410. The Balaban J connectivity index is 1.55. The van der Waals surface area contributed by atoms with E-state index in [-0.39, 0.29) is 24.8 Å². The van der Waals surface area contributed by atoms with Gasteiger partial charge in [-0.25, -0.2) is 0 Å². The summed E-state index contributed by atoms with van der Waals surface area (Å²) < 4.78 is 4.96. The van der Waals surface area contributed by atoms with Gasteiger partial charge in [0.2, 0.25) is 5.91 Å². The molecule has 43 heavy (non-hydrogen) atoms. The summed E-state index contributed by atoms with van der Waals surface area (Å²) in [5.41, 5.74) is 4.04. The maximum absolute atomic E-state index is 13.9. The summed E-state index contributed by atoms with van der Waals surface area (Å²) in [5.74, 6) is -1.05. The Morgan fingerprint density at radius 2 is 1.65 bits per heavy atom. The van der Waals surface area contributed by atoms with Crippen molar-refractivity contribution in [1.82, 2.24) is 15.5 Å². The third-order valence-corrected chi connectivity index (χ3v) is 9.14. The highest BCUT2D eigenvalue weighted by atomic mass is 32.2. The number of rotatable bonds is 12. The Morgan fingerprint density at radius 1 is 1.00 bits per heavy atom.